The number of amides is 3. The van der Waals surface area contributed by atoms with Crippen molar-refractivity contribution >= 4 is 11.9 Å². The van der Waals surface area contributed by atoms with E-state index in [4.69, 9.17) is 0 Å². The van der Waals surface area contributed by atoms with E-state index in [9.17, 15) is 9.59 Å². The Kier molecular flexibility index (Phi) is 4.61. The lowest BCUT2D eigenvalue weighted by Crippen LogP contribution is -2.40. The number of benzene rings is 1. The average molecular weight is 275 g/mol. The van der Waals surface area contributed by atoms with Crippen LogP contribution in [0.25, 0.3) is 0 Å². The average Bonchev–Trinajstić information content (AvgIpc) is 3.22. The number of rotatable bonds is 5. The van der Waals surface area contributed by atoms with E-state index in [1.807, 2.05) is 30.3 Å². The lowest BCUT2D eigenvalue weighted by molar-refractivity contribution is -0.129. The Hall–Kier alpha value is -2.04. The lowest BCUT2D eigenvalue weighted by atomic mass is 10.0. The van der Waals surface area contributed by atoms with Crippen LogP contribution in [0.5, 0.6) is 0 Å². The largest absolute Gasteiger partial charge is 0.349 e. The van der Waals surface area contributed by atoms with Gasteiger partial charge in [-0.25, -0.2) is 4.79 Å². The number of nitrogens with one attached hydrogen (secondary N) is 2. The van der Waals surface area contributed by atoms with Crippen molar-refractivity contribution in [2.45, 2.75) is 31.3 Å². The zero-order valence-corrected chi connectivity index (χ0v) is 11.9. The van der Waals surface area contributed by atoms with Crippen LogP contribution < -0.4 is 10.6 Å². The van der Waals surface area contributed by atoms with E-state index in [0.717, 1.165) is 18.4 Å². The van der Waals surface area contributed by atoms with Crippen LogP contribution in [0.15, 0.2) is 30.3 Å². The third-order valence-electron chi connectivity index (χ3n) is 3.30. The molecule has 0 radical (unpaired) electrons. The quantitative estimate of drug-likeness (QED) is 0.858. The van der Waals surface area contributed by atoms with Crippen molar-refractivity contribution in [3.63, 3.8) is 0 Å². The minimum Gasteiger partial charge on any atom is -0.349 e. The van der Waals surface area contributed by atoms with Crippen molar-refractivity contribution in [3.05, 3.63) is 35.9 Å². The Labute approximate surface area is 119 Å². The van der Waals surface area contributed by atoms with Crippen LogP contribution in [-0.4, -0.2) is 37.0 Å². The monoisotopic (exact) mass is 275 g/mol. The summed E-state index contributed by atoms with van der Waals surface area (Å²) >= 11 is 0. The van der Waals surface area contributed by atoms with Crippen LogP contribution in [0.4, 0.5) is 4.79 Å². The van der Waals surface area contributed by atoms with E-state index in [2.05, 4.69) is 10.6 Å². The standard InChI is InChI=1S/C15H21N3O2/c1-18(2)14(19)10-13(11-6-4-3-5-7-11)17-15(20)16-12-8-9-12/h3-7,12-13H,8-10H2,1-2H3,(H2,16,17,20)/t13-/m0/s1. The van der Waals surface area contributed by atoms with Crippen molar-refractivity contribution in [2.24, 2.45) is 0 Å². The molecule has 0 bridgehead atoms. The van der Waals surface area contributed by atoms with E-state index >= 15 is 0 Å². The van der Waals surface area contributed by atoms with Crippen molar-refractivity contribution in [2.75, 3.05) is 14.1 Å². The van der Waals surface area contributed by atoms with Crippen molar-refractivity contribution in [1.82, 2.24) is 15.5 Å². The van der Waals surface area contributed by atoms with Gasteiger partial charge in [0.25, 0.3) is 0 Å². The van der Waals surface area contributed by atoms with Crippen molar-refractivity contribution < 1.29 is 9.59 Å². The van der Waals surface area contributed by atoms with Gasteiger partial charge in [0.15, 0.2) is 0 Å². The molecule has 2 N–H and O–H groups in total. The van der Waals surface area contributed by atoms with Gasteiger partial charge in [-0.1, -0.05) is 30.3 Å². The molecule has 3 amide bonds. The first-order valence-corrected chi connectivity index (χ1v) is 6.88. The molecule has 0 unspecified atom stereocenters. The molecule has 0 aliphatic heterocycles. The Morgan fingerprint density at radius 1 is 1.25 bits per heavy atom. The van der Waals surface area contributed by atoms with Gasteiger partial charge in [-0.05, 0) is 18.4 Å². The third kappa shape index (κ3) is 4.26. The first-order valence-electron chi connectivity index (χ1n) is 6.88. The Bertz CT molecular complexity index is 469. The third-order valence-corrected chi connectivity index (χ3v) is 3.30. The summed E-state index contributed by atoms with van der Waals surface area (Å²) in [6.45, 7) is 0. The molecule has 5 nitrogen and oxygen atoms in total. The molecule has 1 aliphatic rings. The highest BCUT2D eigenvalue weighted by Gasteiger charge is 2.25. The van der Waals surface area contributed by atoms with Gasteiger partial charge in [0.2, 0.25) is 5.91 Å². The molecule has 0 heterocycles. The Morgan fingerprint density at radius 3 is 2.45 bits per heavy atom. The van der Waals surface area contributed by atoms with Crippen LogP contribution in [0.3, 0.4) is 0 Å². The molecule has 2 rings (SSSR count). The lowest BCUT2D eigenvalue weighted by Gasteiger charge is -2.21. The fourth-order valence-corrected chi connectivity index (χ4v) is 1.91. The van der Waals surface area contributed by atoms with Crippen LogP contribution in [0, 0.1) is 0 Å². The Morgan fingerprint density at radius 2 is 1.90 bits per heavy atom. The van der Waals surface area contributed by atoms with E-state index in [-0.39, 0.29) is 24.4 Å². The van der Waals surface area contributed by atoms with Gasteiger partial charge in [0.05, 0.1) is 12.5 Å². The van der Waals surface area contributed by atoms with Crippen LogP contribution in [0.1, 0.15) is 30.9 Å². The number of hydrogen-bond donors (Lipinski definition) is 2. The van der Waals surface area contributed by atoms with Gasteiger partial charge < -0.3 is 15.5 Å². The second-order valence-corrected chi connectivity index (χ2v) is 5.35. The molecule has 0 saturated heterocycles. The highest BCUT2D eigenvalue weighted by atomic mass is 16.2. The van der Waals surface area contributed by atoms with Crippen LogP contribution >= 0.6 is 0 Å². The molecule has 1 aromatic carbocycles. The smallest absolute Gasteiger partial charge is 0.315 e. The maximum Gasteiger partial charge on any atom is 0.315 e. The SMILES string of the molecule is CN(C)C(=O)C[C@H](NC(=O)NC1CC1)c1ccccc1. The van der Waals surface area contributed by atoms with Crippen LogP contribution in [0.2, 0.25) is 0 Å². The molecular weight excluding hydrogens is 254 g/mol. The maximum atomic E-state index is 11.9. The van der Waals surface area contributed by atoms with Gasteiger partial charge in [-0.15, -0.1) is 0 Å². The minimum absolute atomic E-state index is 0.00873. The summed E-state index contributed by atoms with van der Waals surface area (Å²) < 4.78 is 0. The highest BCUT2D eigenvalue weighted by Crippen LogP contribution is 2.20. The van der Waals surface area contributed by atoms with Gasteiger partial charge >= 0.3 is 6.03 Å². The number of carbonyl (C=O) groups excluding carboxylic acids is 2. The fraction of sp³-hybridized carbons (Fsp3) is 0.467. The molecule has 20 heavy (non-hydrogen) atoms. The minimum atomic E-state index is -0.301. The normalized spacial score (nSPS) is 15.3. The number of urea groups is 1. The highest BCUT2D eigenvalue weighted by molar-refractivity contribution is 5.79. The number of hydrogen-bond acceptors (Lipinski definition) is 2. The van der Waals surface area contributed by atoms with Gasteiger partial charge in [0.1, 0.15) is 0 Å². The van der Waals surface area contributed by atoms with E-state index < -0.39 is 0 Å². The topological polar surface area (TPSA) is 61.4 Å². The number of carbonyl (C=O) groups is 2. The first-order chi connectivity index (χ1) is 9.56. The molecule has 1 saturated carbocycles. The maximum absolute atomic E-state index is 11.9. The van der Waals surface area contributed by atoms with Crippen LogP contribution in [-0.2, 0) is 4.79 Å². The zero-order chi connectivity index (χ0) is 14.5. The zero-order valence-electron chi connectivity index (χ0n) is 11.9. The molecule has 0 spiro atoms. The summed E-state index contributed by atoms with van der Waals surface area (Å²) in [5.74, 6) is -0.00873. The summed E-state index contributed by atoms with van der Waals surface area (Å²) in [5, 5.41) is 5.77. The second-order valence-electron chi connectivity index (χ2n) is 5.35. The van der Waals surface area contributed by atoms with Crippen molar-refractivity contribution in [1.29, 1.82) is 0 Å². The Balaban J connectivity index is 2.02. The summed E-state index contributed by atoms with van der Waals surface area (Å²) in [6.07, 6.45) is 2.34. The first kappa shape index (κ1) is 14.4. The molecule has 1 aliphatic carbocycles. The predicted octanol–water partition coefficient (Wildman–Crippen LogP) is 1.67. The summed E-state index contributed by atoms with van der Waals surface area (Å²) in [7, 11) is 3.43. The van der Waals surface area contributed by atoms with E-state index in [1.54, 1.807) is 14.1 Å². The van der Waals surface area contributed by atoms with Gasteiger partial charge in [0, 0.05) is 20.1 Å². The van der Waals surface area contributed by atoms with Gasteiger partial charge in [-0.3, -0.25) is 4.79 Å². The molecule has 5 heteroatoms. The molecule has 1 aromatic rings. The van der Waals surface area contributed by atoms with Gasteiger partial charge in [-0.2, -0.15) is 0 Å². The predicted molar refractivity (Wildman–Crippen MR) is 77.2 cm³/mol. The summed E-state index contributed by atoms with van der Waals surface area (Å²) in [6, 6.07) is 9.37. The molecule has 108 valence electrons. The molecule has 1 fully saturated rings. The fourth-order valence-electron chi connectivity index (χ4n) is 1.91. The summed E-state index contributed by atoms with van der Waals surface area (Å²) in [4.78, 5) is 25.3. The number of nitrogens with zero attached hydrogens (tertiary/aromatic N) is 1. The van der Waals surface area contributed by atoms with E-state index in [0.29, 0.717) is 6.04 Å². The molecule has 1 atom stereocenters. The second kappa shape index (κ2) is 6.41. The van der Waals surface area contributed by atoms with E-state index in [1.165, 1.54) is 4.90 Å². The summed E-state index contributed by atoms with van der Waals surface area (Å²) in [5.41, 5.74) is 0.939. The molecular formula is C15H21N3O2. The van der Waals surface area contributed by atoms with Crippen molar-refractivity contribution in [3.8, 4) is 0 Å². The molecule has 0 aromatic heterocycles.